The lowest BCUT2D eigenvalue weighted by molar-refractivity contribution is -0.186. The summed E-state index contributed by atoms with van der Waals surface area (Å²) < 4.78 is 38.2. The van der Waals surface area contributed by atoms with E-state index in [1.807, 2.05) is 0 Å². The van der Waals surface area contributed by atoms with Crippen LogP contribution in [0, 0.1) is 5.92 Å². The summed E-state index contributed by atoms with van der Waals surface area (Å²) in [4.78, 5) is 24.6. The molecule has 2 rings (SSSR count). The minimum absolute atomic E-state index is 0.0956. The summed E-state index contributed by atoms with van der Waals surface area (Å²) in [6, 6.07) is 1.49. The van der Waals surface area contributed by atoms with Crippen molar-refractivity contribution in [3.8, 4) is 0 Å². The summed E-state index contributed by atoms with van der Waals surface area (Å²) >= 11 is 1.14. The number of hydrogen-bond acceptors (Lipinski definition) is 4. The Kier molecular flexibility index (Phi) is 5.07. The molecular weight excluding hydrogens is 319 g/mol. The summed E-state index contributed by atoms with van der Waals surface area (Å²) in [6.45, 7) is 0.139. The molecule has 122 valence electrons. The molecule has 0 radical (unpaired) electrons. The molecule has 22 heavy (non-hydrogen) atoms. The molecule has 1 fully saturated rings. The number of rotatable bonds is 4. The van der Waals surface area contributed by atoms with Gasteiger partial charge in [0.25, 0.3) is 5.91 Å². The maximum atomic E-state index is 12.7. The zero-order valence-electron chi connectivity index (χ0n) is 11.7. The first kappa shape index (κ1) is 16.8. The number of amides is 2. The smallest absolute Gasteiger partial charge is 0.366 e. The second kappa shape index (κ2) is 6.66. The molecule has 1 aliphatic rings. The molecule has 0 aliphatic carbocycles. The van der Waals surface area contributed by atoms with Crippen molar-refractivity contribution < 1.29 is 22.8 Å². The molecule has 2 amide bonds. The summed E-state index contributed by atoms with van der Waals surface area (Å²) in [5, 5.41) is 4.46. The highest BCUT2D eigenvalue weighted by molar-refractivity contribution is 7.14. The summed E-state index contributed by atoms with van der Waals surface area (Å²) in [7, 11) is 0. The van der Waals surface area contributed by atoms with Gasteiger partial charge in [-0.2, -0.15) is 13.2 Å². The third kappa shape index (κ3) is 4.20. The standard InChI is InChI=1S/C13H16F3N3O2S/c14-13(15,16)8-2-1-4-19(6-8)7-10(20)18-12-9(11(17)21)3-5-22-12/h3,5,8H,1-2,4,6-7H2,(H2,17,21)(H,18,20). The average molecular weight is 335 g/mol. The van der Waals surface area contributed by atoms with Gasteiger partial charge in [0.1, 0.15) is 5.00 Å². The molecule has 1 aromatic heterocycles. The molecule has 3 N–H and O–H groups in total. The van der Waals surface area contributed by atoms with Crippen molar-refractivity contribution >= 4 is 28.2 Å². The van der Waals surface area contributed by atoms with Gasteiger partial charge in [0, 0.05) is 6.54 Å². The number of hydrogen-bond donors (Lipinski definition) is 2. The number of nitrogens with two attached hydrogens (primary N) is 1. The van der Waals surface area contributed by atoms with E-state index in [0.717, 1.165) is 11.3 Å². The lowest BCUT2D eigenvalue weighted by atomic mass is 9.97. The Labute approximate surface area is 129 Å². The molecule has 5 nitrogen and oxygen atoms in total. The molecule has 1 aromatic rings. The number of primary amides is 1. The monoisotopic (exact) mass is 335 g/mol. The second-order valence-electron chi connectivity index (χ2n) is 5.19. The number of nitrogens with one attached hydrogen (secondary N) is 1. The zero-order valence-corrected chi connectivity index (χ0v) is 12.5. The molecule has 1 saturated heterocycles. The number of thiophene rings is 1. The molecular formula is C13H16F3N3O2S. The van der Waals surface area contributed by atoms with Crippen LogP contribution in [0.1, 0.15) is 23.2 Å². The fourth-order valence-corrected chi connectivity index (χ4v) is 3.24. The topological polar surface area (TPSA) is 75.4 Å². The van der Waals surface area contributed by atoms with Gasteiger partial charge in [-0.15, -0.1) is 11.3 Å². The summed E-state index contributed by atoms with van der Waals surface area (Å²) in [5.41, 5.74) is 5.37. The predicted molar refractivity (Wildman–Crippen MR) is 76.7 cm³/mol. The summed E-state index contributed by atoms with van der Waals surface area (Å²) in [6.07, 6.45) is -3.73. The highest BCUT2D eigenvalue weighted by Crippen LogP contribution is 2.33. The minimum atomic E-state index is -4.23. The number of likely N-dealkylation sites (tertiary alicyclic amines) is 1. The molecule has 9 heteroatoms. The van der Waals surface area contributed by atoms with Gasteiger partial charge in [-0.1, -0.05) is 0 Å². The van der Waals surface area contributed by atoms with Crippen LogP contribution < -0.4 is 11.1 Å². The van der Waals surface area contributed by atoms with Crippen LogP contribution in [0.2, 0.25) is 0 Å². The SMILES string of the molecule is NC(=O)c1ccsc1NC(=O)CN1CCCC(C(F)(F)F)C1. The van der Waals surface area contributed by atoms with E-state index >= 15 is 0 Å². The van der Waals surface area contributed by atoms with Crippen LogP contribution in [-0.4, -0.2) is 42.5 Å². The first-order chi connectivity index (χ1) is 10.3. The predicted octanol–water partition coefficient (Wildman–Crippen LogP) is 2.06. The lowest BCUT2D eigenvalue weighted by Crippen LogP contribution is -2.44. The van der Waals surface area contributed by atoms with Gasteiger partial charge in [0.2, 0.25) is 5.91 Å². The van der Waals surface area contributed by atoms with Crippen LogP contribution in [0.5, 0.6) is 0 Å². The van der Waals surface area contributed by atoms with Crippen molar-refractivity contribution in [3.63, 3.8) is 0 Å². The van der Waals surface area contributed by atoms with Gasteiger partial charge < -0.3 is 11.1 Å². The van der Waals surface area contributed by atoms with Crippen molar-refractivity contribution in [3.05, 3.63) is 17.0 Å². The third-order valence-electron chi connectivity index (χ3n) is 3.52. The Morgan fingerprint density at radius 1 is 1.45 bits per heavy atom. The number of carbonyl (C=O) groups excluding carboxylic acids is 2. The van der Waals surface area contributed by atoms with Gasteiger partial charge in [-0.25, -0.2) is 0 Å². The second-order valence-corrected chi connectivity index (χ2v) is 6.11. The number of nitrogens with zero attached hydrogens (tertiary/aromatic N) is 1. The van der Waals surface area contributed by atoms with Crippen LogP contribution in [0.15, 0.2) is 11.4 Å². The first-order valence-electron chi connectivity index (χ1n) is 6.73. The number of alkyl halides is 3. The van der Waals surface area contributed by atoms with Crippen LogP contribution in [0.4, 0.5) is 18.2 Å². The Morgan fingerprint density at radius 2 is 2.18 bits per heavy atom. The number of piperidine rings is 1. The van der Waals surface area contributed by atoms with Crippen molar-refractivity contribution in [2.45, 2.75) is 19.0 Å². The lowest BCUT2D eigenvalue weighted by Gasteiger charge is -2.33. The molecule has 0 saturated carbocycles. The number of carbonyl (C=O) groups is 2. The highest BCUT2D eigenvalue weighted by Gasteiger charge is 2.41. The fraction of sp³-hybridized carbons (Fsp3) is 0.538. The normalized spacial score (nSPS) is 19.9. The molecule has 0 spiro atoms. The van der Waals surface area contributed by atoms with Crippen LogP contribution in [0.25, 0.3) is 0 Å². The van der Waals surface area contributed by atoms with Crippen LogP contribution in [0.3, 0.4) is 0 Å². The quantitative estimate of drug-likeness (QED) is 0.884. The maximum absolute atomic E-state index is 12.7. The van der Waals surface area contributed by atoms with Gasteiger partial charge in [0.05, 0.1) is 18.0 Å². The fourth-order valence-electron chi connectivity index (χ4n) is 2.44. The number of halogens is 3. The summed E-state index contributed by atoms with van der Waals surface area (Å²) in [5.74, 6) is -2.50. The Morgan fingerprint density at radius 3 is 2.82 bits per heavy atom. The van der Waals surface area contributed by atoms with E-state index in [0.29, 0.717) is 18.0 Å². The van der Waals surface area contributed by atoms with E-state index in [1.54, 1.807) is 5.38 Å². The van der Waals surface area contributed by atoms with E-state index in [4.69, 9.17) is 5.73 Å². The first-order valence-corrected chi connectivity index (χ1v) is 7.61. The van der Waals surface area contributed by atoms with E-state index in [-0.39, 0.29) is 25.1 Å². The number of anilines is 1. The van der Waals surface area contributed by atoms with Gasteiger partial charge in [-0.3, -0.25) is 14.5 Å². The van der Waals surface area contributed by atoms with Gasteiger partial charge in [-0.05, 0) is 30.8 Å². The molecule has 1 atom stereocenters. The highest BCUT2D eigenvalue weighted by atomic mass is 32.1. The van der Waals surface area contributed by atoms with Crippen molar-refractivity contribution in [2.75, 3.05) is 25.0 Å². The van der Waals surface area contributed by atoms with E-state index in [1.165, 1.54) is 11.0 Å². The van der Waals surface area contributed by atoms with Gasteiger partial charge in [0.15, 0.2) is 0 Å². The molecule has 1 aliphatic heterocycles. The van der Waals surface area contributed by atoms with Crippen LogP contribution >= 0.6 is 11.3 Å². The van der Waals surface area contributed by atoms with E-state index in [2.05, 4.69) is 5.32 Å². The maximum Gasteiger partial charge on any atom is 0.393 e. The molecule has 0 aromatic carbocycles. The average Bonchev–Trinajstić information content (AvgIpc) is 2.86. The third-order valence-corrected chi connectivity index (χ3v) is 4.35. The molecule has 1 unspecified atom stereocenters. The van der Waals surface area contributed by atoms with Crippen molar-refractivity contribution in [1.82, 2.24) is 4.90 Å². The largest absolute Gasteiger partial charge is 0.393 e. The van der Waals surface area contributed by atoms with Crippen molar-refractivity contribution in [1.29, 1.82) is 0 Å². The van der Waals surface area contributed by atoms with Crippen LogP contribution in [-0.2, 0) is 4.79 Å². The molecule has 2 heterocycles. The Balaban J connectivity index is 1.92. The van der Waals surface area contributed by atoms with E-state index in [9.17, 15) is 22.8 Å². The Bertz CT molecular complexity index is 559. The Hall–Kier alpha value is -1.61. The minimum Gasteiger partial charge on any atom is -0.366 e. The van der Waals surface area contributed by atoms with E-state index < -0.39 is 23.9 Å². The van der Waals surface area contributed by atoms with Gasteiger partial charge >= 0.3 is 6.18 Å². The van der Waals surface area contributed by atoms with Crippen molar-refractivity contribution in [2.24, 2.45) is 11.7 Å². The molecule has 0 bridgehead atoms. The zero-order chi connectivity index (χ0) is 16.3.